The number of hydrogen-bond donors (Lipinski definition) is 2. The summed E-state index contributed by atoms with van der Waals surface area (Å²) < 4.78 is 6.87. The van der Waals surface area contributed by atoms with Crippen molar-refractivity contribution >= 4 is 11.7 Å². The predicted molar refractivity (Wildman–Crippen MR) is 104 cm³/mol. The molecule has 3 aromatic rings. The van der Waals surface area contributed by atoms with Crippen molar-refractivity contribution < 1.29 is 9.21 Å². The molecule has 0 aromatic carbocycles. The lowest BCUT2D eigenvalue weighted by Crippen LogP contribution is -2.20. The van der Waals surface area contributed by atoms with Gasteiger partial charge in [0.15, 0.2) is 5.76 Å². The summed E-state index contributed by atoms with van der Waals surface area (Å²) in [4.78, 5) is 31.7. The molecule has 146 valence electrons. The van der Waals surface area contributed by atoms with Gasteiger partial charge in [-0.2, -0.15) is 9.78 Å². The summed E-state index contributed by atoms with van der Waals surface area (Å²) in [5, 5.41) is 7.43. The van der Waals surface area contributed by atoms with E-state index in [1.165, 1.54) is 23.6 Å². The minimum Gasteiger partial charge on any atom is -0.463 e. The van der Waals surface area contributed by atoms with E-state index in [0.717, 1.165) is 12.8 Å². The second kappa shape index (κ2) is 7.84. The van der Waals surface area contributed by atoms with Crippen LogP contribution in [0.25, 0.3) is 17.4 Å². The molecule has 1 aliphatic rings. The number of hydrogen-bond acceptors (Lipinski definition) is 5. The molecule has 0 saturated heterocycles. The van der Waals surface area contributed by atoms with Crippen molar-refractivity contribution in [2.75, 3.05) is 5.32 Å². The molecule has 8 nitrogen and oxygen atoms in total. The van der Waals surface area contributed by atoms with Crippen molar-refractivity contribution in [3.8, 4) is 17.4 Å². The Hall–Kier alpha value is -3.16. The third-order valence-electron chi connectivity index (χ3n) is 5.04. The first-order chi connectivity index (χ1) is 13.6. The van der Waals surface area contributed by atoms with Crippen molar-refractivity contribution in [1.29, 1.82) is 0 Å². The maximum Gasteiger partial charge on any atom is 0.252 e. The van der Waals surface area contributed by atoms with Gasteiger partial charge >= 0.3 is 0 Å². The standard InChI is InChI=1S/C20H23N5O3/c1-2-14-11-19(27)23-20(21-14)25-17(12-15(24-25)16-8-5-9-28-16)22-18(26)10-13-6-3-4-7-13/h5,8-9,11-13H,2-4,6-7,10H2,1H3,(H,22,26)(H,21,23,27). The van der Waals surface area contributed by atoms with Gasteiger partial charge in [-0.3, -0.25) is 14.6 Å². The fourth-order valence-corrected chi connectivity index (χ4v) is 3.62. The highest BCUT2D eigenvalue weighted by atomic mass is 16.3. The highest BCUT2D eigenvalue weighted by Gasteiger charge is 2.21. The summed E-state index contributed by atoms with van der Waals surface area (Å²) >= 11 is 0. The maximum atomic E-state index is 12.6. The lowest BCUT2D eigenvalue weighted by atomic mass is 10.0. The van der Waals surface area contributed by atoms with E-state index >= 15 is 0 Å². The van der Waals surface area contributed by atoms with Crippen molar-refractivity contribution in [1.82, 2.24) is 19.7 Å². The Morgan fingerprint density at radius 2 is 2.18 bits per heavy atom. The number of aromatic amines is 1. The smallest absolute Gasteiger partial charge is 0.252 e. The number of aryl methyl sites for hydroxylation is 1. The molecule has 3 aromatic heterocycles. The van der Waals surface area contributed by atoms with Crippen LogP contribution in [-0.2, 0) is 11.2 Å². The SMILES string of the molecule is CCc1cc(=O)[nH]c(-n2nc(-c3ccco3)cc2NC(=O)CC2CCCC2)n1. The molecule has 0 bridgehead atoms. The number of furan rings is 1. The molecule has 1 saturated carbocycles. The third kappa shape index (κ3) is 3.90. The Balaban J connectivity index is 1.68. The molecule has 1 aliphatic carbocycles. The first-order valence-electron chi connectivity index (χ1n) is 9.67. The summed E-state index contributed by atoms with van der Waals surface area (Å²) in [7, 11) is 0. The molecule has 0 aliphatic heterocycles. The van der Waals surface area contributed by atoms with Gasteiger partial charge in [-0.05, 0) is 37.3 Å². The fraction of sp³-hybridized carbons (Fsp3) is 0.400. The van der Waals surface area contributed by atoms with Crippen LogP contribution in [-0.4, -0.2) is 25.7 Å². The van der Waals surface area contributed by atoms with Gasteiger partial charge in [0.1, 0.15) is 11.5 Å². The average Bonchev–Trinajstić information content (AvgIpc) is 3.42. The zero-order valence-electron chi connectivity index (χ0n) is 15.8. The predicted octanol–water partition coefficient (Wildman–Crippen LogP) is 3.30. The number of nitrogens with one attached hydrogen (secondary N) is 2. The first kappa shape index (κ1) is 18.2. The van der Waals surface area contributed by atoms with Crippen molar-refractivity contribution in [2.24, 2.45) is 5.92 Å². The second-order valence-corrected chi connectivity index (χ2v) is 7.12. The van der Waals surface area contributed by atoms with Crippen LogP contribution in [0.4, 0.5) is 5.82 Å². The Kier molecular flexibility index (Phi) is 5.10. The number of carbonyl (C=O) groups is 1. The van der Waals surface area contributed by atoms with Crippen molar-refractivity contribution in [2.45, 2.75) is 45.4 Å². The highest BCUT2D eigenvalue weighted by molar-refractivity contribution is 5.90. The lowest BCUT2D eigenvalue weighted by Gasteiger charge is -2.11. The summed E-state index contributed by atoms with van der Waals surface area (Å²) in [6.45, 7) is 1.92. The van der Waals surface area contributed by atoms with Gasteiger partial charge in [-0.25, -0.2) is 4.98 Å². The average molecular weight is 381 g/mol. The molecule has 1 amide bonds. The summed E-state index contributed by atoms with van der Waals surface area (Å²) in [6.07, 6.45) is 7.23. The number of carbonyl (C=O) groups excluding carboxylic acids is 1. The number of amides is 1. The van der Waals surface area contributed by atoms with Crippen LogP contribution in [0.15, 0.2) is 39.7 Å². The van der Waals surface area contributed by atoms with E-state index in [2.05, 4.69) is 20.4 Å². The number of nitrogens with zero attached hydrogens (tertiary/aromatic N) is 3. The monoisotopic (exact) mass is 381 g/mol. The molecule has 1 fully saturated rings. The normalized spacial score (nSPS) is 14.5. The first-order valence-corrected chi connectivity index (χ1v) is 9.67. The molecule has 8 heteroatoms. The van der Waals surface area contributed by atoms with E-state index in [0.29, 0.717) is 41.7 Å². The van der Waals surface area contributed by atoms with E-state index < -0.39 is 0 Å². The largest absolute Gasteiger partial charge is 0.463 e. The van der Waals surface area contributed by atoms with Crippen LogP contribution < -0.4 is 10.9 Å². The van der Waals surface area contributed by atoms with Gasteiger partial charge in [-0.1, -0.05) is 19.8 Å². The van der Waals surface area contributed by atoms with Crippen LogP contribution >= 0.6 is 0 Å². The Morgan fingerprint density at radius 1 is 1.36 bits per heavy atom. The Morgan fingerprint density at radius 3 is 2.89 bits per heavy atom. The molecule has 0 atom stereocenters. The summed E-state index contributed by atoms with van der Waals surface area (Å²) in [5.74, 6) is 1.65. The lowest BCUT2D eigenvalue weighted by molar-refractivity contribution is -0.117. The van der Waals surface area contributed by atoms with Gasteiger partial charge in [0.25, 0.3) is 5.56 Å². The van der Waals surface area contributed by atoms with Crippen LogP contribution in [0.2, 0.25) is 0 Å². The van der Waals surface area contributed by atoms with E-state index in [1.807, 2.05) is 6.92 Å². The third-order valence-corrected chi connectivity index (χ3v) is 5.04. The number of aromatic nitrogens is 4. The minimum absolute atomic E-state index is 0.0620. The number of rotatable bonds is 6. The molecule has 4 rings (SSSR count). The molecule has 3 heterocycles. The molecular formula is C20H23N5O3. The second-order valence-electron chi connectivity index (χ2n) is 7.12. The molecule has 0 radical (unpaired) electrons. The number of anilines is 1. The van der Waals surface area contributed by atoms with Gasteiger partial charge in [0.05, 0.1) is 6.26 Å². The van der Waals surface area contributed by atoms with Crippen LogP contribution in [0.3, 0.4) is 0 Å². The minimum atomic E-state index is -0.264. The van der Waals surface area contributed by atoms with Crippen LogP contribution in [0, 0.1) is 5.92 Å². The van der Waals surface area contributed by atoms with Gasteiger partial charge in [-0.15, -0.1) is 0 Å². The Labute approximate surface area is 162 Å². The molecule has 0 unspecified atom stereocenters. The Bertz CT molecular complexity index is 1010. The summed E-state index contributed by atoms with van der Waals surface area (Å²) in [5.41, 5.74) is 0.933. The van der Waals surface area contributed by atoms with Crippen LogP contribution in [0.1, 0.15) is 44.7 Å². The number of H-pyrrole nitrogens is 1. The van der Waals surface area contributed by atoms with Gasteiger partial charge < -0.3 is 9.73 Å². The van der Waals surface area contributed by atoms with E-state index in [4.69, 9.17) is 4.42 Å². The quantitative estimate of drug-likeness (QED) is 0.681. The van der Waals surface area contributed by atoms with E-state index in [-0.39, 0.29) is 17.4 Å². The fourth-order valence-electron chi connectivity index (χ4n) is 3.62. The zero-order valence-corrected chi connectivity index (χ0v) is 15.8. The van der Waals surface area contributed by atoms with E-state index in [9.17, 15) is 9.59 Å². The van der Waals surface area contributed by atoms with Crippen molar-refractivity contribution in [3.05, 3.63) is 46.6 Å². The zero-order chi connectivity index (χ0) is 19.5. The summed E-state index contributed by atoms with van der Waals surface area (Å²) in [6, 6.07) is 6.74. The van der Waals surface area contributed by atoms with Crippen molar-refractivity contribution in [3.63, 3.8) is 0 Å². The van der Waals surface area contributed by atoms with Crippen LogP contribution in [0.5, 0.6) is 0 Å². The van der Waals surface area contributed by atoms with Gasteiger partial charge in [0.2, 0.25) is 11.9 Å². The topological polar surface area (TPSA) is 106 Å². The molecule has 2 N–H and O–H groups in total. The molecular weight excluding hydrogens is 358 g/mol. The van der Waals surface area contributed by atoms with Gasteiger partial charge in [0, 0.05) is 24.2 Å². The highest BCUT2D eigenvalue weighted by Crippen LogP contribution is 2.29. The maximum absolute atomic E-state index is 12.6. The molecule has 28 heavy (non-hydrogen) atoms. The van der Waals surface area contributed by atoms with E-state index in [1.54, 1.807) is 24.5 Å². The molecule has 0 spiro atoms.